The Balaban J connectivity index is 1.81. The fourth-order valence-electron chi connectivity index (χ4n) is 2.55. The van der Waals surface area contributed by atoms with Crippen LogP contribution in [0.15, 0.2) is 35.0 Å². The summed E-state index contributed by atoms with van der Waals surface area (Å²) in [7, 11) is 0. The molecule has 0 fully saturated rings. The summed E-state index contributed by atoms with van der Waals surface area (Å²) < 4.78 is 6.82. The fourth-order valence-corrected chi connectivity index (χ4v) is 3.05. The smallest absolute Gasteiger partial charge is 0.277 e. The van der Waals surface area contributed by atoms with E-state index in [1.165, 1.54) is 6.07 Å². The van der Waals surface area contributed by atoms with Crippen molar-refractivity contribution in [2.24, 2.45) is 0 Å². The Hall–Kier alpha value is -2.84. The van der Waals surface area contributed by atoms with Gasteiger partial charge in [-0.05, 0) is 31.5 Å². The number of carbonyl (C=O) groups excluding carboxylic acids is 2. The highest BCUT2D eigenvalue weighted by molar-refractivity contribution is 6.36. The van der Waals surface area contributed by atoms with Crippen LogP contribution in [0.1, 0.15) is 41.2 Å². The molecule has 0 saturated heterocycles. The summed E-state index contributed by atoms with van der Waals surface area (Å²) in [5.74, 6) is -0.574. The SMILES string of the molecule is CCCNC(=O)c1nn(CC)cc1NC(=O)c1cc(-c2ccc(Cl)cc2Cl)on1. The van der Waals surface area contributed by atoms with Crippen LogP contribution < -0.4 is 10.6 Å². The molecule has 2 amide bonds. The molecule has 29 heavy (non-hydrogen) atoms. The second-order valence-corrected chi connectivity index (χ2v) is 7.00. The molecule has 0 aliphatic carbocycles. The second kappa shape index (κ2) is 9.11. The van der Waals surface area contributed by atoms with Gasteiger partial charge in [0.2, 0.25) is 0 Å². The lowest BCUT2D eigenvalue weighted by Crippen LogP contribution is -2.26. The van der Waals surface area contributed by atoms with Gasteiger partial charge in [-0.1, -0.05) is 35.3 Å². The van der Waals surface area contributed by atoms with Crippen LogP contribution in [0.3, 0.4) is 0 Å². The Morgan fingerprint density at radius 1 is 1.17 bits per heavy atom. The van der Waals surface area contributed by atoms with Gasteiger partial charge in [-0.25, -0.2) is 0 Å². The van der Waals surface area contributed by atoms with Crippen molar-refractivity contribution in [3.8, 4) is 11.3 Å². The molecule has 10 heteroatoms. The summed E-state index contributed by atoms with van der Waals surface area (Å²) in [6, 6.07) is 6.37. The number of hydrogen-bond acceptors (Lipinski definition) is 5. The third-order valence-corrected chi connectivity index (χ3v) is 4.57. The molecule has 0 bridgehead atoms. The van der Waals surface area contributed by atoms with Gasteiger partial charge in [0.15, 0.2) is 17.1 Å². The molecule has 8 nitrogen and oxygen atoms in total. The van der Waals surface area contributed by atoms with Crippen LogP contribution in [0.2, 0.25) is 10.0 Å². The Labute approximate surface area is 177 Å². The number of aromatic nitrogens is 3. The van der Waals surface area contributed by atoms with Gasteiger partial charge in [-0.15, -0.1) is 0 Å². The van der Waals surface area contributed by atoms with Crippen LogP contribution in [0, 0.1) is 0 Å². The maximum Gasteiger partial charge on any atom is 0.277 e. The zero-order valence-electron chi connectivity index (χ0n) is 15.8. The van der Waals surface area contributed by atoms with Crippen molar-refractivity contribution in [3.05, 3.63) is 51.9 Å². The van der Waals surface area contributed by atoms with E-state index in [0.717, 1.165) is 6.42 Å². The molecule has 0 spiro atoms. The largest absolute Gasteiger partial charge is 0.355 e. The number of aryl methyl sites for hydroxylation is 1. The van der Waals surface area contributed by atoms with E-state index in [1.54, 1.807) is 29.1 Å². The van der Waals surface area contributed by atoms with Crippen molar-refractivity contribution in [2.45, 2.75) is 26.8 Å². The van der Waals surface area contributed by atoms with Gasteiger partial charge in [-0.3, -0.25) is 14.3 Å². The molecule has 2 heterocycles. The molecule has 3 rings (SSSR count). The quantitative estimate of drug-likeness (QED) is 0.576. The van der Waals surface area contributed by atoms with Crippen molar-refractivity contribution < 1.29 is 14.1 Å². The number of benzene rings is 1. The van der Waals surface area contributed by atoms with Crippen LogP contribution in [0.4, 0.5) is 5.69 Å². The van der Waals surface area contributed by atoms with Crippen molar-refractivity contribution >= 4 is 40.7 Å². The molecule has 0 saturated carbocycles. The standard InChI is InChI=1S/C19H19Cl2N5O3/c1-3-7-22-19(28)17-15(10-26(4-2)24-17)23-18(27)14-9-16(29-25-14)12-6-5-11(20)8-13(12)21/h5-6,8-10H,3-4,7H2,1-2H3,(H,22,28)(H,23,27). The molecule has 3 aromatic rings. The Morgan fingerprint density at radius 2 is 1.97 bits per heavy atom. The predicted molar refractivity (Wildman–Crippen MR) is 110 cm³/mol. The molecule has 0 radical (unpaired) electrons. The summed E-state index contributed by atoms with van der Waals surface area (Å²) in [5, 5.41) is 14.3. The molecule has 0 atom stereocenters. The zero-order valence-corrected chi connectivity index (χ0v) is 17.3. The van der Waals surface area contributed by atoms with E-state index in [2.05, 4.69) is 20.9 Å². The summed E-state index contributed by atoms with van der Waals surface area (Å²) in [5.41, 5.74) is 1.02. The Kier molecular flexibility index (Phi) is 6.56. The molecule has 152 valence electrons. The van der Waals surface area contributed by atoms with E-state index in [4.69, 9.17) is 27.7 Å². The number of rotatable bonds is 7. The lowest BCUT2D eigenvalue weighted by Gasteiger charge is -2.04. The van der Waals surface area contributed by atoms with Crippen molar-refractivity contribution in [1.29, 1.82) is 0 Å². The number of hydrogen-bond donors (Lipinski definition) is 2. The number of nitrogens with one attached hydrogen (secondary N) is 2. The van der Waals surface area contributed by atoms with Crippen molar-refractivity contribution in [3.63, 3.8) is 0 Å². The van der Waals surface area contributed by atoms with Crippen LogP contribution >= 0.6 is 23.2 Å². The molecule has 0 aliphatic rings. The van der Waals surface area contributed by atoms with Gasteiger partial charge in [0.05, 0.1) is 10.7 Å². The normalized spacial score (nSPS) is 10.8. The Morgan fingerprint density at radius 3 is 2.66 bits per heavy atom. The molecular formula is C19H19Cl2N5O3. The summed E-state index contributed by atoms with van der Waals surface area (Å²) in [6.07, 6.45) is 2.38. The maximum absolute atomic E-state index is 12.6. The minimum atomic E-state index is -0.537. The van der Waals surface area contributed by atoms with E-state index in [0.29, 0.717) is 40.1 Å². The minimum Gasteiger partial charge on any atom is -0.355 e. The second-order valence-electron chi connectivity index (χ2n) is 6.16. The third kappa shape index (κ3) is 4.78. The number of carbonyl (C=O) groups is 2. The summed E-state index contributed by atoms with van der Waals surface area (Å²) in [4.78, 5) is 25.0. The number of halogens is 2. The topological polar surface area (TPSA) is 102 Å². The van der Waals surface area contributed by atoms with E-state index in [-0.39, 0.29) is 17.3 Å². The van der Waals surface area contributed by atoms with Gasteiger partial charge in [0.1, 0.15) is 0 Å². The average Bonchev–Trinajstić information content (AvgIpc) is 3.33. The van der Waals surface area contributed by atoms with Gasteiger partial charge in [0.25, 0.3) is 11.8 Å². The molecular weight excluding hydrogens is 417 g/mol. The van der Waals surface area contributed by atoms with Gasteiger partial charge in [-0.2, -0.15) is 5.10 Å². The average molecular weight is 436 g/mol. The zero-order chi connectivity index (χ0) is 21.0. The van der Waals surface area contributed by atoms with Crippen LogP contribution in [0.5, 0.6) is 0 Å². The minimum absolute atomic E-state index is 0.0372. The van der Waals surface area contributed by atoms with Crippen LogP contribution in [-0.4, -0.2) is 33.3 Å². The van der Waals surface area contributed by atoms with Gasteiger partial charge in [0, 0.05) is 35.9 Å². The van der Waals surface area contributed by atoms with E-state index < -0.39 is 5.91 Å². The summed E-state index contributed by atoms with van der Waals surface area (Å²) >= 11 is 12.1. The molecule has 2 aromatic heterocycles. The highest BCUT2D eigenvalue weighted by Crippen LogP contribution is 2.30. The molecule has 0 aliphatic heterocycles. The first-order chi connectivity index (χ1) is 13.9. The Bertz CT molecular complexity index is 1040. The summed E-state index contributed by atoms with van der Waals surface area (Å²) in [6.45, 7) is 4.89. The molecule has 1 aromatic carbocycles. The highest BCUT2D eigenvalue weighted by atomic mass is 35.5. The van der Waals surface area contributed by atoms with Crippen molar-refractivity contribution in [2.75, 3.05) is 11.9 Å². The number of amides is 2. The van der Waals surface area contributed by atoms with Crippen LogP contribution in [-0.2, 0) is 6.54 Å². The highest BCUT2D eigenvalue weighted by Gasteiger charge is 2.21. The van der Waals surface area contributed by atoms with Gasteiger partial charge < -0.3 is 15.2 Å². The third-order valence-electron chi connectivity index (χ3n) is 4.02. The molecule has 0 unspecified atom stereocenters. The molecule has 2 N–H and O–H groups in total. The lowest BCUT2D eigenvalue weighted by atomic mass is 10.1. The first kappa shape index (κ1) is 20.9. The fraction of sp³-hybridized carbons (Fsp3) is 0.263. The van der Waals surface area contributed by atoms with Crippen LogP contribution in [0.25, 0.3) is 11.3 Å². The van der Waals surface area contributed by atoms with Gasteiger partial charge >= 0.3 is 0 Å². The van der Waals surface area contributed by atoms with E-state index in [1.807, 2.05) is 13.8 Å². The monoisotopic (exact) mass is 435 g/mol. The first-order valence-corrected chi connectivity index (χ1v) is 9.77. The van der Waals surface area contributed by atoms with E-state index in [9.17, 15) is 9.59 Å². The lowest BCUT2D eigenvalue weighted by molar-refractivity contribution is 0.0948. The van der Waals surface area contributed by atoms with Crippen molar-refractivity contribution in [1.82, 2.24) is 20.3 Å². The van der Waals surface area contributed by atoms with E-state index >= 15 is 0 Å². The predicted octanol–water partition coefficient (Wildman–Crippen LogP) is 4.26. The number of nitrogens with zero attached hydrogens (tertiary/aromatic N) is 3. The first-order valence-electron chi connectivity index (χ1n) is 9.02. The maximum atomic E-state index is 12.6. The number of anilines is 1.